The molecule has 0 aliphatic carbocycles. The van der Waals surface area contributed by atoms with Crippen LogP contribution in [0, 0.1) is 5.82 Å². The number of rotatable bonds is 6. The van der Waals surface area contributed by atoms with E-state index in [2.05, 4.69) is 0 Å². The minimum absolute atomic E-state index is 0.0556. The van der Waals surface area contributed by atoms with Crippen LogP contribution in [-0.4, -0.2) is 38.2 Å². The van der Waals surface area contributed by atoms with Gasteiger partial charge in [0.1, 0.15) is 5.82 Å². The highest BCUT2D eigenvalue weighted by Gasteiger charge is 2.34. The van der Waals surface area contributed by atoms with E-state index in [1.807, 2.05) is 31.2 Å². The van der Waals surface area contributed by atoms with Crippen LogP contribution in [0.15, 0.2) is 53.4 Å². The van der Waals surface area contributed by atoms with Crippen molar-refractivity contribution in [3.63, 3.8) is 0 Å². The maximum Gasteiger partial charge on any atom is 0.307 e. The van der Waals surface area contributed by atoms with Crippen molar-refractivity contribution < 1.29 is 27.1 Å². The summed E-state index contributed by atoms with van der Waals surface area (Å²) in [5, 5.41) is 0. The minimum atomic E-state index is -3.76. The Kier molecular flexibility index (Phi) is 6.02. The summed E-state index contributed by atoms with van der Waals surface area (Å²) in [6, 6.07) is 11.9. The molecule has 0 bridgehead atoms. The summed E-state index contributed by atoms with van der Waals surface area (Å²) in [7, 11) is -3.76. The lowest BCUT2D eigenvalue weighted by atomic mass is 10.1. The lowest BCUT2D eigenvalue weighted by molar-refractivity contribution is -0.153. The number of nitrogens with zero attached hydrogens (tertiary/aromatic N) is 1. The molecule has 2 aromatic carbocycles. The molecule has 8 heteroatoms. The Balaban J connectivity index is 1.59. The molecule has 1 aliphatic rings. The molecule has 0 spiro atoms. The van der Waals surface area contributed by atoms with E-state index in [4.69, 9.17) is 4.74 Å². The number of carbonyl (C=O) groups is 2. The summed E-state index contributed by atoms with van der Waals surface area (Å²) < 4.78 is 42.6. The molecule has 29 heavy (non-hydrogen) atoms. The molecule has 154 valence electrons. The molecule has 0 fully saturated rings. The van der Waals surface area contributed by atoms with Crippen LogP contribution in [0.4, 0.5) is 10.1 Å². The Labute approximate surface area is 169 Å². The van der Waals surface area contributed by atoms with Gasteiger partial charge in [-0.2, -0.15) is 0 Å². The minimum Gasteiger partial charge on any atom is -0.452 e. The van der Waals surface area contributed by atoms with Gasteiger partial charge in [0.15, 0.2) is 15.9 Å². The molecule has 6 nitrogen and oxygen atoms in total. The van der Waals surface area contributed by atoms with E-state index < -0.39 is 39.9 Å². The van der Waals surface area contributed by atoms with Crippen molar-refractivity contribution in [2.45, 2.75) is 43.7 Å². The topological polar surface area (TPSA) is 80.8 Å². The van der Waals surface area contributed by atoms with Gasteiger partial charge in [0, 0.05) is 11.7 Å². The highest BCUT2D eigenvalue weighted by molar-refractivity contribution is 7.91. The number of hydrogen-bond acceptors (Lipinski definition) is 5. The fraction of sp³-hybridized carbons (Fsp3) is 0.333. The molecule has 0 aromatic heterocycles. The van der Waals surface area contributed by atoms with Crippen LogP contribution in [0.1, 0.15) is 25.8 Å². The molecule has 2 aromatic rings. The van der Waals surface area contributed by atoms with E-state index in [1.54, 1.807) is 4.90 Å². The molecular formula is C21H22FNO5S. The summed E-state index contributed by atoms with van der Waals surface area (Å²) in [6.07, 6.45) is -0.716. The fourth-order valence-corrected chi connectivity index (χ4v) is 4.60. The van der Waals surface area contributed by atoms with Gasteiger partial charge < -0.3 is 9.64 Å². The summed E-state index contributed by atoms with van der Waals surface area (Å²) in [4.78, 5) is 26.5. The molecule has 0 radical (unpaired) electrons. The summed E-state index contributed by atoms with van der Waals surface area (Å²) in [6.45, 7) is 3.39. The van der Waals surface area contributed by atoms with E-state index in [9.17, 15) is 22.4 Å². The zero-order valence-electron chi connectivity index (χ0n) is 16.2. The number of benzene rings is 2. The highest BCUT2D eigenvalue weighted by Crippen LogP contribution is 2.32. The standard InChI is InChI=1S/C21H22FNO5S/c1-14-13-16-5-3-4-6-19(16)23(14)21(25)15(2)28-20(24)11-12-29(26,27)18-9-7-17(22)8-10-18/h3-10,14-15H,11-13H2,1-2H3/t14-,15-/m1/s1. The first kappa shape index (κ1) is 21.0. The van der Waals surface area contributed by atoms with Crippen molar-refractivity contribution in [1.82, 2.24) is 0 Å². The van der Waals surface area contributed by atoms with E-state index in [-0.39, 0.29) is 16.8 Å². The number of ether oxygens (including phenoxy) is 1. The fourth-order valence-electron chi connectivity index (χ4n) is 3.38. The molecule has 0 N–H and O–H groups in total. The van der Waals surface area contributed by atoms with Crippen molar-refractivity contribution in [2.24, 2.45) is 0 Å². The first-order valence-electron chi connectivity index (χ1n) is 9.28. The van der Waals surface area contributed by atoms with E-state index in [0.717, 1.165) is 41.9 Å². The third kappa shape index (κ3) is 4.64. The van der Waals surface area contributed by atoms with E-state index >= 15 is 0 Å². The second-order valence-corrected chi connectivity index (χ2v) is 9.15. The first-order chi connectivity index (χ1) is 13.7. The van der Waals surface area contributed by atoms with Crippen LogP contribution in [0.2, 0.25) is 0 Å². The van der Waals surface area contributed by atoms with Gasteiger partial charge in [-0.25, -0.2) is 12.8 Å². The van der Waals surface area contributed by atoms with Gasteiger partial charge in [0.05, 0.1) is 17.1 Å². The largest absolute Gasteiger partial charge is 0.452 e. The van der Waals surface area contributed by atoms with Crippen LogP contribution in [0.25, 0.3) is 0 Å². The van der Waals surface area contributed by atoms with Gasteiger partial charge in [-0.05, 0) is 56.2 Å². The van der Waals surface area contributed by atoms with Crippen LogP contribution >= 0.6 is 0 Å². The Bertz CT molecular complexity index is 1020. The molecular weight excluding hydrogens is 397 g/mol. The van der Waals surface area contributed by atoms with Crippen LogP contribution < -0.4 is 4.90 Å². The second-order valence-electron chi connectivity index (χ2n) is 7.04. The number of carbonyl (C=O) groups excluding carboxylic acids is 2. The number of sulfone groups is 1. The maximum absolute atomic E-state index is 13.0. The first-order valence-corrected chi connectivity index (χ1v) is 10.9. The Morgan fingerprint density at radius 3 is 2.52 bits per heavy atom. The van der Waals surface area contributed by atoms with Gasteiger partial charge in [0.2, 0.25) is 0 Å². The monoisotopic (exact) mass is 419 g/mol. The van der Waals surface area contributed by atoms with Crippen molar-refractivity contribution in [3.05, 3.63) is 59.9 Å². The van der Waals surface area contributed by atoms with Crippen molar-refractivity contribution >= 4 is 27.4 Å². The van der Waals surface area contributed by atoms with Crippen LogP contribution in [0.3, 0.4) is 0 Å². The lowest BCUT2D eigenvalue weighted by Crippen LogP contribution is -2.43. The predicted octanol–water partition coefficient (Wildman–Crippen LogP) is 2.90. The molecule has 1 amide bonds. The Hall–Kier alpha value is -2.74. The summed E-state index contributed by atoms with van der Waals surface area (Å²) in [5.74, 6) is -2.16. The normalized spacial score (nSPS) is 16.9. The van der Waals surface area contributed by atoms with E-state index in [1.165, 1.54) is 6.92 Å². The summed E-state index contributed by atoms with van der Waals surface area (Å²) >= 11 is 0. The third-order valence-electron chi connectivity index (χ3n) is 4.85. The smallest absolute Gasteiger partial charge is 0.307 e. The van der Waals surface area contributed by atoms with Gasteiger partial charge in [0.25, 0.3) is 5.91 Å². The lowest BCUT2D eigenvalue weighted by Gasteiger charge is -2.25. The molecule has 0 saturated heterocycles. The Morgan fingerprint density at radius 2 is 1.83 bits per heavy atom. The van der Waals surface area contributed by atoms with Crippen LogP contribution in [-0.2, 0) is 30.6 Å². The van der Waals surface area contributed by atoms with Crippen molar-refractivity contribution in [1.29, 1.82) is 0 Å². The van der Waals surface area contributed by atoms with E-state index in [0.29, 0.717) is 0 Å². The SMILES string of the molecule is C[C@@H]1Cc2ccccc2N1C(=O)[C@@H](C)OC(=O)CCS(=O)(=O)c1ccc(F)cc1. The van der Waals surface area contributed by atoms with Gasteiger partial charge >= 0.3 is 5.97 Å². The number of esters is 1. The second kappa shape index (κ2) is 8.32. The van der Waals surface area contributed by atoms with Crippen molar-refractivity contribution in [3.8, 4) is 0 Å². The quantitative estimate of drug-likeness (QED) is 0.531. The highest BCUT2D eigenvalue weighted by atomic mass is 32.2. The predicted molar refractivity (Wildman–Crippen MR) is 106 cm³/mol. The van der Waals surface area contributed by atoms with Gasteiger partial charge in [-0.15, -0.1) is 0 Å². The molecule has 0 saturated carbocycles. The van der Waals surface area contributed by atoms with Gasteiger partial charge in [-0.1, -0.05) is 18.2 Å². The molecule has 3 rings (SSSR count). The van der Waals surface area contributed by atoms with Crippen molar-refractivity contribution in [2.75, 3.05) is 10.7 Å². The molecule has 1 aliphatic heterocycles. The summed E-state index contributed by atoms with van der Waals surface area (Å²) in [5.41, 5.74) is 1.85. The number of para-hydroxylation sites is 1. The number of amides is 1. The third-order valence-corrected chi connectivity index (χ3v) is 6.58. The maximum atomic E-state index is 13.0. The zero-order chi connectivity index (χ0) is 21.2. The Morgan fingerprint density at radius 1 is 1.17 bits per heavy atom. The number of fused-ring (bicyclic) bond motifs is 1. The number of halogens is 1. The molecule has 0 unspecified atom stereocenters. The average molecular weight is 419 g/mol. The molecule has 2 atom stereocenters. The van der Waals surface area contributed by atoms with Gasteiger partial charge in [-0.3, -0.25) is 9.59 Å². The molecule has 1 heterocycles. The number of hydrogen-bond donors (Lipinski definition) is 0. The average Bonchev–Trinajstić information content (AvgIpc) is 3.02. The zero-order valence-corrected chi connectivity index (χ0v) is 17.0. The number of anilines is 1. The van der Waals surface area contributed by atoms with Crippen LogP contribution in [0.5, 0.6) is 0 Å².